The molecule has 0 bridgehead atoms. The summed E-state index contributed by atoms with van der Waals surface area (Å²) in [4.78, 5) is 31.6. The van der Waals surface area contributed by atoms with Crippen molar-refractivity contribution in [3.05, 3.63) is 62.7 Å². The molecule has 1 atom stereocenters. The summed E-state index contributed by atoms with van der Waals surface area (Å²) in [6, 6.07) is 2.07. The van der Waals surface area contributed by atoms with Crippen molar-refractivity contribution in [3.8, 4) is 5.69 Å². The van der Waals surface area contributed by atoms with E-state index in [-0.39, 0.29) is 24.6 Å². The molecule has 0 saturated carbocycles. The van der Waals surface area contributed by atoms with E-state index in [9.17, 15) is 32.3 Å². The number of hydrogen-bond acceptors (Lipinski definition) is 5. The summed E-state index contributed by atoms with van der Waals surface area (Å²) in [6.45, 7) is 2.36. The van der Waals surface area contributed by atoms with Crippen LogP contribution in [0.15, 0.2) is 29.2 Å². The number of alkyl halides is 2. The second-order valence-electron chi connectivity index (χ2n) is 8.99. The van der Waals surface area contributed by atoms with Crippen molar-refractivity contribution in [1.82, 2.24) is 14.9 Å². The Morgan fingerprint density at radius 3 is 2.50 bits per heavy atom. The summed E-state index contributed by atoms with van der Waals surface area (Å²) in [6.07, 6.45) is -2.57. The minimum absolute atomic E-state index is 0.0501. The van der Waals surface area contributed by atoms with Crippen LogP contribution in [-0.2, 0) is 0 Å². The minimum atomic E-state index is -2.99. The zero-order chi connectivity index (χ0) is 26.5. The van der Waals surface area contributed by atoms with Crippen LogP contribution in [0.4, 0.5) is 27.8 Å². The fourth-order valence-corrected chi connectivity index (χ4v) is 4.17. The maximum Gasteiger partial charge on any atom is 0.260 e. The fourth-order valence-electron chi connectivity index (χ4n) is 3.88. The second kappa shape index (κ2) is 9.32. The average molecular weight is 531 g/mol. The summed E-state index contributed by atoms with van der Waals surface area (Å²) in [5, 5.41) is 10.9. The van der Waals surface area contributed by atoms with Gasteiger partial charge in [0.15, 0.2) is 23.1 Å². The van der Waals surface area contributed by atoms with Gasteiger partial charge in [-0.25, -0.2) is 26.9 Å². The lowest BCUT2D eigenvalue weighted by Crippen LogP contribution is -2.50. The Morgan fingerprint density at radius 2 is 1.92 bits per heavy atom. The molecule has 1 saturated heterocycles. The van der Waals surface area contributed by atoms with Crippen LogP contribution in [0.2, 0.25) is 5.02 Å². The molecule has 2 aromatic heterocycles. The fraction of sp³-hybridized carbons (Fsp3) is 0.348. The van der Waals surface area contributed by atoms with Crippen LogP contribution < -0.4 is 15.6 Å². The predicted molar refractivity (Wildman–Crippen MR) is 123 cm³/mol. The number of halogens is 6. The maximum absolute atomic E-state index is 15.1. The van der Waals surface area contributed by atoms with E-state index in [1.54, 1.807) is 0 Å². The Morgan fingerprint density at radius 1 is 1.22 bits per heavy atom. The molecule has 192 valence electrons. The van der Waals surface area contributed by atoms with E-state index in [4.69, 9.17) is 11.6 Å². The van der Waals surface area contributed by atoms with E-state index >= 15 is 4.39 Å². The number of amides is 1. The molecule has 1 aliphatic rings. The number of aliphatic hydroxyl groups excluding tert-OH is 1. The van der Waals surface area contributed by atoms with Crippen LogP contribution in [0.3, 0.4) is 0 Å². The zero-order valence-electron chi connectivity index (χ0n) is 19.0. The summed E-state index contributed by atoms with van der Waals surface area (Å²) in [5.41, 5.74) is -4.64. The third-order valence-corrected chi connectivity index (χ3v) is 6.11. The van der Waals surface area contributed by atoms with Gasteiger partial charge in [-0.15, -0.1) is 0 Å². The number of rotatable bonds is 5. The number of aliphatic hydroxyl groups is 1. The minimum Gasteiger partial charge on any atom is -0.391 e. The number of aromatic nitrogens is 2. The number of carbonyl (C=O) groups is 1. The molecule has 3 heterocycles. The Kier molecular flexibility index (Phi) is 6.69. The van der Waals surface area contributed by atoms with E-state index in [1.165, 1.54) is 4.90 Å². The number of benzene rings is 1. The highest BCUT2D eigenvalue weighted by molar-refractivity contribution is 6.32. The van der Waals surface area contributed by atoms with Gasteiger partial charge in [0.2, 0.25) is 5.43 Å². The summed E-state index contributed by atoms with van der Waals surface area (Å²) in [5.74, 6) is -4.63. The van der Waals surface area contributed by atoms with Crippen LogP contribution in [0.1, 0.15) is 30.6 Å². The molecule has 0 aliphatic carbocycles. The monoisotopic (exact) mass is 530 g/mol. The highest BCUT2D eigenvalue weighted by atomic mass is 35.5. The van der Waals surface area contributed by atoms with E-state index < -0.39 is 68.5 Å². The number of nitrogens with zero attached hydrogens (tertiary/aromatic N) is 3. The number of nitrogens with one attached hydrogen (secondary N) is 1. The standard InChI is InChI=1S/C23H20ClF5N4O3/c1-23(2,22(28)29)31-21(36)13-9-33(17-14(24)5-10(25)6-15(17)26)19-12(18(13)35)7-16(27)20(30-19)32-4-3-11(34)8-32/h5-7,9,11,22,34H,3-4,8H2,1-2H3,(H,31,36)/t11-/m0/s1. The summed E-state index contributed by atoms with van der Waals surface area (Å²) < 4.78 is 71.2. The molecule has 0 radical (unpaired) electrons. The van der Waals surface area contributed by atoms with Crippen LogP contribution in [0.5, 0.6) is 0 Å². The molecule has 1 fully saturated rings. The first-order valence-corrected chi connectivity index (χ1v) is 11.1. The number of hydrogen-bond donors (Lipinski definition) is 2. The Bertz CT molecular complexity index is 1410. The summed E-state index contributed by atoms with van der Waals surface area (Å²) >= 11 is 6.08. The number of pyridine rings is 2. The first-order chi connectivity index (χ1) is 16.8. The molecule has 4 rings (SSSR count). The number of β-amino-alcohol motifs (C(OH)–C–C–N with tert-alkyl or cyclic N) is 1. The van der Waals surface area contributed by atoms with Gasteiger partial charge in [-0.2, -0.15) is 0 Å². The maximum atomic E-state index is 15.1. The third kappa shape index (κ3) is 4.62. The van der Waals surface area contributed by atoms with Crippen molar-refractivity contribution >= 4 is 34.4 Å². The average Bonchev–Trinajstić information content (AvgIpc) is 3.19. The van der Waals surface area contributed by atoms with Gasteiger partial charge in [-0.05, 0) is 32.4 Å². The summed E-state index contributed by atoms with van der Waals surface area (Å²) in [7, 11) is 0. The van der Waals surface area contributed by atoms with Gasteiger partial charge in [-0.3, -0.25) is 14.2 Å². The van der Waals surface area contributed by atoms with Crippen LogP contribution in [-0.4, -0.2) is 51.7 Å². The van der Waals surface area contributed by atoms with Gasteiger partial charge in [0, 0.05) is 25.4 Å². The second-order valence-corrected chi connectivity index (χ2v) is 9.40. The number of anilines is 1. The number of carbonyl (C=O) groups excluding carboxylic acids is 1. The van der Waals surface area contributed by atoms with Gasteiger partial charge in [0.1, 0.15) is 17.1 Å². The molecule has 0 unspecified atom stereocenters. The highest BCUT2D eigenvalue weighted by Gasteiger charge is 2.33. The topological polar surface area (TPSA) is 87.5 Å². The largest absolute Gasteiger partial charge is 0.391 e. The van der Waals surface area contributed by atoms with Crippen LogP contribution in [0, 0.1) is 17.5 Å². The van der Waals surface area contributed by atoms with Gasteiger partial charge in [-0.1, -0.05) is 11.6 Å². The highest BCUT2D eigenvalue weighted by Crippen LogP contribution is 2.30. The molecular formula is C23H20ClF5N4O3. The predicted octanol–water partition coefficient (Wildman–Crippen LogP) is 3.80. The zero-order valence-corrected chi connectivity index (χ0v) is 19.7. The van der Waals surface area contributed by atoms with Crippen molar-refractivity contribution in [3.63, 3.8) is 0 Å². The van der Waals surface area contributed by atoms with Crippen molar-refractivity contribution < 1.29 is 31.9 Å². The van der Waals surface area contributed by atoms with Crippen LogP contribution in [0.25, 0.3) is 16.7 Å². The van der Waals surface area contributed by atoms with E-state index in [1.807, 2.05) is 5.32 Å². The van der Waals surface area contributed by atoms with Crippen molar-refractivity contribution in [2.24, 2.45) is 0 Å². The molecule has 3 aromatic rings. The smallest absolute Gasteiger partial charge is 0.260 e. The molecular weight excluding hydrogens is 511 g/mol. The van der Waals surface area contributed by atoms with Gasteiger partial charge >= 0.3 is 0 Å². The molecule has 1 amide bonds. The Labute approximate surface area is 206 Å². The lowest BCUT2D eigenvalue weighted by molar-refractivity contribution is 0.0447. The van der Waals surface area contributed by atoms with Crippen molar-refractivity contribution in [2.45, 2.75) is 38.3 Å². The molecule has 2 N–H and O–H groups in total. The lowest BCUT2D eigenvalue weighted by Gasteiger charge is -2.25. The molecule has 36 heavy (non-hydrogen) atoms. The lowest BCUT2D eigenvalue weighted by atomic mass is 10.1. The first-order valence-electron chi connectivity index (χ1n) is 10.7. The van der Waals surface area contributed by atoms with Crippen molar-refractivity contribution in [1.29, 1.82) is 0 Å². The molecule has 13 heteroatoms. The number of fused-ring (bicyclic) bond motifs is 1. The Balaban J connectivity index is 2.01. The molecule has 0 spiro atoms. The van der Waals surface area contributed by atoms with Gasteiger partial charge < -0.3 is 15.3 Å². The normalized spacial score (nSPS) is 16.3. The Hall–Kier alpha value is -3.25. The SMILES string of the molecule is CC(C)(NC(=O)c1cn(-c2c(F)cc(F)cc2Cl)c2nc(N3CC[C@H](O)C3)c(F)cc2c1=O)C(F)F. The van der Waals surface area contributed by atoms with Gasteiger partial charge in [0.05, 0.1) is 22.1 Å². The van der Waals surface area contributed by atoms with E-state index in [2.05, 4.69) is 4.98 Å². The third-order valence-electron chi connectivity index (χ3n) is 5.82. The van der Waals surface area contributed by atoms with Gasteiger partial charge in [0.25, 0.3) is 12.3 Å². The van der Waals surface area contributed by atoms with E-state index in [0.717, 1.165) is 36.7 Å². The molecule has 1 aliphatic heterocycles. The molecule has 7 nitrogen and oxygen atoms in total. The first kappa shape index (κ1) is 25.8. The van der Waals surface area contributed by atoms with E-state index in [0.29, 0.717) is 12.5 Å². The van der Waals surface area contributed by atoms with Crippen molar-refractivity contribution in [2.75, 3.05) is 18.0 Å². The van der Waals surface area contributed by atoms with Crippen LogP contribution >= 0.6 is 11.6 Å². The quantitative estimate of drug-likeness (QED) is 0.490. The molecule has 1 aromatic carbocycles.